The number of nitrogens with zero attached hydrogens (tertiary/aromatic N) is 1. The van der Waals surface area contributed by atoms with Gasteiger partial charge in [-0.15, -0.1) is 0 Å². The van der Waals surface area contributed by atoms with Crippen LogP contribution in [0.15, 0.2) is 24.3 Å². The van der Waals surface area contributed by atoms with Crippen LogP contribution in [-0.2, 0) is 0 Å². The number of anilines is 1. The van der Waals surface area contributed by atoms with Crippen molar-refractivity contribution in [3.05, 3.63) is 30.1 Å². The second kappa shape index (κ2) is 9.76. The summed E-state index contributed by atoms with van der Waals surface area (Å²) >= 11 is 0. The molecule has 0 radical (unpaired) electrons. The van der Waals surface area contributed by atoms with Crippen LogP contribution in [0.1, 0.15) is 46.5 Å². The molecule has 1 N–H and O–H groups in total. The van der Waals surface area contributed by atoms with Crippen molar-refractivity contribution in [2.75, 3.05) is 24.5 Å². The first-order chi connectivity index (χ1) is 9.69. The maximum Gasteiger partial charge on any atom is 0.146 e. The highest BCUT2D eigenvalue weighted by Crippen LogP contribution is 2.17. The Balaban J connectivity index is 2.33. The van der Waals surface area contributed by atoms with Gasteiger partial charge in [-0.05, 0) is 32.4 Å². The number of likely N-dealkylation sites (N-methyl/N-ethyl adjacent to an activating group) is 1. The van der Waals surface area contributed by atoms with E-state index >= 15 is 0 Å². The van der Waals surface area contributed by atoms with Crippen molar-refractivity contribution in [2.24, 2.45) is 0 Å². The van der Waals surface area contributed by atoms with Crippen molar-refractivity contribution in [3.8, 4) is 0 Å². The van der Waals surface area contributed by atoms with Crippen LogP contribution in [0, 0.1) is 5.82 Å². The van der Waals surface area contributed by atoms with Gasteiger partial charge in [-0.25, -0.2) is 4.39 Å². The van der Waals surface area contributed by atoms with Crippen LogP contribution < -0.4 is 10.2 Å². The summed E-state index contributed by atoms with van der Waals surface area (Å²) in [5.41, 5.74) is 0.704. The van der Waals surface area contributed by atoms with Crippen molar-refractivity contribution in [3.63, 3.8) is 0 Å². The van der Waals surface area contributed by atoms with Crippen LogP contribution in [-0.4, -0.2) is 25.7 Å². The van der Waals surface area contributed by atoms with Gasteiger partial charge >= 0.3 is 0 Å². The second-order valence-corrected chi connectivity index (χ2v) is 5.38. The van der Waals surface area contributed by atoms with E-state index in [1.807, 2.05) is 12.1 Å². The molecule has 0 saturated heterocycles. The summed E-state index contributed by atoms with van der Waals surface area (Å²) in [5.74, 6) is -0.134. The van der Waals surface area contributed by atoms with Crippen LogP contribution in [0.2, 0.25) is 0 Å². The van der Waals surface area contributed by atoms with Gasteiger partial charge in [0.2, 0.25) is 0 Å². The van der Waals surface area contributed by atoms with E-state index in [2.05, 4.69) is 31.0 Å². The topological polar surface area (TPSA) is 15.3 Å². The number of hydrogen-bond acceptors (Lipinski definition) is 2. The smallest absolute Gasteiger partial charge is 0.146 e. The van der Waals surface area contributed by atoms with E-state index in [0.29, 0.717) is 11.7 Å². The Kier molecular flexibility index (Phi) is 8.28. The number of halogens is 1. The van der Waals surface area contributed by atoms with Crippen LogP contribution in [0.3, 0.4) is 0 Å². The van der Waals surface area contributed by atoms with Crippen molar-refractivity contribution in [1.29, 1.82) is 0 Å². The Hall–Kier alpha value is -1.09. The highest BCUT2D eigenvalue weighted by atomic mass is 19.1. The van der Waals surface area contributed by atoms with E-state index in [1.54, 1.807) is 6.07 Å². The van der Waals surface area contributed by atoms with Gasteiger partial charge in [-0.2, -0.15) is 0 Å². The zero-order valence-corrected chi connectivity index (χ0v) is 13.2. The van der Waals surface area contributed by atoms with Gasteiger partial charge in [-0.3, -0.25) is 0 Å². The minimum absolute atomic E-state index is 0.134. The molecule has 1 aromatic rings. The molecule has 1 rings (SSSR count). The average molecular weight is 280 g/mol. The predicted molar refractivity (Wildman–Crippen MR) is 85.9 cm³/mol. The molecule has 0 aliphatic heterocycles. The molecule has 3 heteroatoms. The number of nitrogens with one attached hydrogen (secondary N) is 1. The van der Waals surface area contributed by atoms with E-state index < -0.39 is 0 Å². The molecular formula is C17H29FN2. The molecule has 0 bridgehead atoms. The standard InChI is InChI=1S/C17H29FN2/c1-4-6-7-10-15(3)19-13-14-20(5-2)17-12-9-8-11-16(17)18/h8-9,11-12,15,19H,4-7,10,13-14H2,1-3H3. The average Bonchev–Trinajstić information content (AvgIpc) is 2.45. The summed E-state index contributed by atoms with van der Waals surface area (Å²) in [7, 11) is 0. The quantitative estimate of drug-likeness (QED) is 0.646. The van der Waals surface area contributed by atoms with Crippen molar-refractivity contribution in [1.82, 2.24) is 5.32 Å². The zero-order chi connectivity index (χ0) is 14.8. The van der Waals surface area contributed by atoms with E-state index in [0.717, 1.165) is 19.6 Å². The van der Waals surface area contributed by atoms with E-state index in [9.17, 15) is 4.39 Å². The first kappa shape index (κ1) is 17.0. The van der Waals surface area contributed by atoms with Crippen molar-refractivity contribution < 1.29 is 4.39 Å². The molecule has 0 saturated carbocycles. The van der Waals surface area contributed by atoms with Gasteiger partial charge in [0, 0.05) is 25.7 Å². The van der Waals surface area contributed by atoms with Crippen LogP contribution >= 0.6 is 0 Å². The molecule has 0 aliphatic rings. The Morgan fingerprint density at radius 3 is 2.60 bits per heavy atom. The lowest BCUT2D eigenvalue weighted by atomic mass is 10.1. The van der Waals surface area contributed by atoms with Gasteiger partial charge in [0.1, 0.15) is 5.82 Å². The summed E-state index contributed by atoms with van der Waals surface area (Å²) in [5, 5.41) is 3.53. The summed E-state index contributed by atoms with van der Waals surface area (Å²) in [4.78, 5) is 2.08. The SMILES string of the molecule is CCCCCC(C)NCCN(CC)c1ccccc1F. The molecule has 2 nitrogen and oxygen atoms in total. The lowest BCUT2D eigenvalue weighted by Gasteiger charge is -2.24. The highest BCUT2D eigenvalue weighted by molar-refractivity contribution is 5.47. The number of unbranched alkanes of at least 4 members (excludes halogenated alkanes) is 2. The van der Waals surface area contributed by atoms with Gasteiger partial charge < -0.3 is 10.2 Å². The Morgan fingerprint density at radius 2 is 1.95 bits per heavy atom. The predicted octanol–water partition coefficient (Wildman–Crippen LogP) is 4.21. The zero-order valence-electron chi connectivity index (χ0n) is 13.2. The molecule has 1 unspecified atom stereocenters. The van der Waals surface area contributed by atoms with Gasteiger partial charge in [0.15, 0.2) is 0 Å². The minimum atomic E-state index is -0.134. The number of para-hydroxylation sites is 1. The summed E-state index contributed by atoms with van der Waals surface area (Å²) in [6.07, 6.45) is 5.08. The lowest BCUT2D eigenvalue weighted by Crippen LogP contribution is -2.36. The molecule has 1 atom stereocenters. The summed E-state index contributed by atoms with van der Waals surface area (Å²) in [6, 6.07) is 7.55. The van der Waals surface area contributed by atoms with Crippen LogP contribution in [0.4, 0.5) is 10.1 Å². The third-order valence-corrected chi connectivity index (χ3v) is 3.69. The molecule has 0 aromatic heterocycles. The highest BCUT2D eigenvalue weighted by Gasteiger charge is 2.09. The summed E-state index contributed by atoms with van der Waals surface area (Å²) in [6.45, 7) is 9.09. The number of rotatable bonds is 10. The first-order valence-corrected chi connectivity index (χ1v) is 7.91. The van der Waals surface area contributed by atoms with E-state index in [4.69, 9.17) is 0 Å². The maximum absolute atomic E-state index is 13.8. The van der Waals surface area contributed by atoms with Gasteiger partial charge in [-0.1, -0.05) is 38.3 Å². The fourth-order valence-electron chi connectivity index (χ4n) is 2.41. The Bertz CT molecular complexity index is 368. The molecule has 0 heterocycles. The van der Waals surface area contributed by atoms with Crippen LogP contribution in [0.25, 0.3) is 0 Å². The molecule has 0 amide bonds. The Labute approximate surface area is 123 Å². The first-order valence-electron chi connectivity index (χ1n) is 7.91. The molecule has 20 heavy (non-hydrogen) atoms. The maximum atomic E-state index is 13.8. The van der Waals surface area contributed by atoms with E-state index in [-0.39, 0.29) is 5.82 Å². The number of hydrogen-bond donors (Lipinski definition) is 1. The minimum Gasteiger partial charge on any atom is -0.368 e. The fraction of sp³-hybridized carbons (Fsp3) is 0.647. The van der Waals surface area contributed by atoms with Crippen molar-refractivity contribution in [2.45, 2.75) is 52.5 Å². The number of benzene rings is 1. The molecular weight excluding hydrogens is 251 g/mol. The normalized spacial score (nSPS) is 12.4. The lowest BCUT2D eigenvalue weighted by molar-refractivity contribution is 0.488. The second-order valence-electron chi connectivity index (χ2n) is 5.38. The monoisotopic (exact) mass is 280 g/mol. The third kappa shape index (κ3) is 5.91. The Morgan fingerprint density at radius 1 is 1.20 bits per heavy atom. The molecule has 0 spiro atoms. The molecule has 114 valence electrons. The molecule has 0 aliphatic carbocycles. The van der Waals surface area contributed by atoms with Crippen LogP contribution in [0.5, 0.6) is 0 Å². The third-order valence-electron chi connectivity index (χ3n) is 3.69. The summed E-state index contributed by atoms with van der Waals surface area (Å²) < 4.78 is 13.8. The fourth-order valence-corrected chi connectivity index (χ4v) is 2.41. The molecule has 1 aromatic carbocycles. The van der Waals surface area contributed by atoms with Gasteiger partial charge in [0.25, 0.3) is 0 Å². The van der Waals surface area contributed by atoms with Gasteiger partial charge in [0.05, 0.1) is 5.69 Å². The van der Waals surface area contributed by atoms with Crippen molar-refractivity contribution >= 4 is 5.69 Å². The van der Waals surface area contributed by atoms with E-state index in [1.165, 1.54) is 31.7 Å². The largest absolute Gasteiger partial charge is 0.368 e. The molecule has 0 fully saturated rings.